The van der Waals surface area contributed by atoms with Gasteiger partial charge in [-0.15, -0.1) is 0 Å². The largest absolute Gasteiger partial charge is 0.464 e. The van der Waals surface area contributed by atoms with Crippen LogP contribution >= 0.6 is 11.6 Å². The number of alkyl carbamates (subject to hydrolysis) is 1. The Morgan fingerprint density at radius 1 is 0.967 bits per heavy atom. The highest BCUT2D eigenvalue weighted by molar-refractivity contribution is 6.30. The van der Waals surface area contributed by atoms with E-state index >= 15 is 0 Å². The first kappa shape index (κ1) is 23.7. The van der Waals surface area contributed by atoms with E-state index < -0.39 is 18.1 Å². The smallest absolute Gasteiger partial charge is 0.407 e. The molecule has 0 fully saturated rings. The SMILES string of the molecule is CCCCOC(=O)NC(CCc1ccc(-c2cccc(Cl)c2)cc1)C(=O)OCCC. The van der Waals surface area contributed by atoms with Crippen LogP contribution in [0.2, 0.25) is 5.02 Å². The van der Waals surface area contributed by atoms with Crippen LogP contribution in [0.25, 0.3) is 11.1 Å². The second kappa shape index (κ2) is 12.9. The van der Waals surface area contributed by atoms with Crippen LogP contribution in [0.5, 0.6) is 0 Å². The summed E-state index contributed by atoms with van der Waals surface area (Å²) in [5.41, 5.74) is 3.18. The van der Waals surface area contributed by atoms with Crippen LogP contribution in [0.15, 0.2) is 48.5 Å². The first-order valence-corrected chi connectivity index (χ1v) is 10.9. The van der Waals surface area contributed by atoms with Crippen molar-refractivity contribution in [3.63, 3.8) is 0 Å². The molecule has 0 saturated carbocycles. The van der Waals surface area contributed by atoms with Gasteiger partial charge in [-0.1, -0.05) is 68.3 Å². The zero-order valence-electron chi connectivity index (χ0n) is 17.7. The number of ether oxygens (including phenoxy) is 2. The van der Waals surface area contributed by atoms with Crippen molar-refractivity contribution in [3.8, 4) is 11.1 Å². The molecule has 162 valence electrons. The molecule has 1 amide bonds. The molecule has 0 aromatic heterocycles. The van der Waals surface area contributed by atoms with E-state index in [2.05, 4.69) is 5.32 Å². The summed E-state index contributed by atoms with van der Waals surface area (Å²) < 4.78 is 10.4. The number of aryl methyl sites for hydroxylation is 1. The van der Waals surface area contributed by atoms with E-state index in [1.54, 1.807) is 0 Å². The van der Waals surface area contributed by atoms with Crippen molar-refractivity contribution in [2.45, 2.75) is 52.0 Å². The summed E-state index contributed by atoms with van der Waals surface area (Å²) in [4.78, 5) is 24.3. The minimum absolute atomic E-state index is 0.330. The molecule has 0 bridgehead atoms. The van der Waals surface area contributed by atoms with Crippen molar-refractivity contribution in [2.24, 2.45) is 0 Å². The van der Waals surface area contributed by atoms with Crippen molar-refractivity contribution < 1.29 is 19.1 Å². The number of esters is 1. The average molecular weight is 432 g/mol. The molecule has 1 unspecified atom stereocenters. The van der Waals surface area contributed by atoms with Crippen LogP contribution in [0.3, 0.4) is 0 Å². The van der Waals surface area contributed by atoms with E-state index in [4.69, 9.17) is 21.1 Å². The van der Waals surface area contributed by atoms with Crippen LogP contribution < -0.4 is 5.32 Å². The molecule has 0 radical (unpaired) electrons. The summed E-state index contributed by atoms with van der Waals surface area (Å²) in [6, 6.07) is 15.0. The Kier molecular flexibility index (Phi) is 10.2. The highest BCUT2D eigenvalue weighted by Crippen LogP contribution is 2.23. The first-order valence-electron chi connectivity index (χ1n) is 10.5. The Labute approximate surface area is 183 Å². The van der Waals surface area contributed by atoms with Crippen LogP contribution in [-0.2, 0) is 20.7 Å². The van der Waals surface area contributed by atoms with Crippen LogP contribution in [0, 0.1) is 0 Å². The molecule has 1 atom stereocenters. The number of halogens is 1. The number of nitrogens with one attached hydrogen (secondary N) is 1. The zero-order chi connectivity index (χ0) is 21.8. The maximum Gasteiger partial charge on any atom is 0.407 e. The van der Waals surface area contributed by atoms with E-state index in [1.165, 1.54) is 0 Å². The number of carbonyl (C=O) groups is 2. The monoisotopic (exact) mass is 431 g/mol. The number of amides is 1. The fourth-order valence-corrected chi connectivity index (χ4v) is 3.08. The third kappa shape index (κ3) is 8.07. The van der Waals surface area contributed by atoms with E-state index in [9.17, 15) is 9.59 Å². The molecule has 0 aliphatic carbocycles. The molecular formula is C24H30ClNO4. The predicted molar refractivity (Wildman–Crippen MR) is 120 cm³/mol. The second-order valence-electron chi connectivity index (χ2n) is 7.10. The number of benzene rings is 2. The van der Waals surface area contributed by atoms with Crippen molar-refractivity contribution in [1.82, 2.24) is 5.32 Å². The van der Waals surface area contributed by atoms with E-state index in [-0.39, 0.29) is 0 Å². The lowest BCUT2D eigenvalue weighted by atomic mass is 10.0. The number of hydrogen-bond donors (Lipinski definition) is 1. The van der Waals surface area contributed by atoms with E-state index in [0.29, 0.717) is 31.1 Å². The number of carbonyl (C=O) groups excluding carboxylic acids is 2. The molecule has 0 spiro atoms. The third-order valence-electron chi connectivity index (χ3n) is 4.59. The second-order valence-corrected chi connectivity index (χ2v) is 7.54. The van der Waals surface area contributed by atoms with Gasteiger partial charge in [-0.05, 0) is 54.5 Å². The number of unbranched alkanes of at least 4 members (excludes halogenated alkanes) is 1. The summed E-state index contributed by atoms with van der Waals surface area (Å²) in [5, 5.41) is 3.34. The Morgan fingerprint density at radius 3 is 2.40 bits per heavy atom. The van der Waals surface area contributed by atoms with Gasteiger partial charge in [0.25, 0.3) is 0 Å². The van der Waals surface area contributed by atoms with Gasteiger partial charge < -0.3 is 14.8 Å². The van der Waals surface area contributed by atoms with Crippen LogP contribution in [-0.4, -0.2) is 31.3 Å². The molecule has 0 heterocycles. The molecule has 1 N–H and O–H groups in total. The van der Waals surface area contributed by atoms with E-state index in [1.807, 2.05) is 62.4 Å². The topological polar surface area (TPSA) is 64.6 Å². The summed E-state index contributed by atoms with van der Waals surface area (Å²) in [6.45, 7) is 4.61. The lowest BCUT2D eigenvalue weighted by molar-refractivity contribution is -0.146. The normalized spacial score (nSPS) is 11.6. The van der Waals surface area contributed by atoms with E-state index in [0.717, 1.165) is 36.0 Å². The maximum atomic E-state index is 12.4. The van der Waals surface area contributed by atoms with Crippen LogP contribution in [0.1, 0.15) is 45.1 Å². The van der Waals surface area contributed by atoms with Gasteiger partial charge in [0.15, 0.2) is 0 Å². The Balaban J connectivity index is 1.97. The lowest BCUT2D eigenvalue weighted by Gasteiger charge is -2.17. The summed E-state index contributed by atoms with van der Waals surface area (Å²) in [5.74, 6) is -0.431. The first-order chi connectivity index (χ1) is 14.5. The third-order valence-corrected chi connectivity index (χ3v) is 4.82. The molecule has 30 heavy (non-hydrogen) atoms. The van der Waals surface area contributed by atoms with Gasteiger partial charge in [0.1, 0.15) is 6.04 Å². The number of rotatable bonds is 11. The quantitative estimate of drug-likeness (QED) is 0.361. The molecule has 0 saturated heterocycles. The van der Waals surface area contributed by atoms with Gasteiger partial charge in [0.05, 0.1) is 13.2 Å². The van der Waals surface area contributed by atoms with Gasteiger partial charge in [0, 0.05) is 5.02 Å². The highest BCUT2D eigenvalue weighted by Gasteiger charge is 2.22. The van der Waals surface area contributed by atoms with Gasteiger partial charge in [-0.2, -0.15) is 0 Å². The molecule has 5 nitrogen and oxygen atoms in total. The van der Waals surface area contributed by atoms with Crippen molar-refractivity contribution in [1.29, 1.82) is 0 Å². The average Bonchev–Trinajstić information content (AvgIpc) is 2.75. The maximum absolute atomic E-state index is 12.4. The van der Waals surface area contributed by atoms with Crippen molar-refractivity contribution in [3.05, 3.63) is 59.1 Å². The van der Waals surface area contributed by atoms with Crippen molar-refractivity contribution in [2.75, 3.05) is 13.2 Å². The molecule has 0 aliphatic rings. The summed E-state index contributed by atoms with van der Waals surface area (Å²) >= 11 is 6.07. The van der Waals surface area contributed by atoms with Crippen LogP contribution in [0.4, 0.5) is 4.79 Å². The zero-order valence-corrected chi connectivity index (χ0v) is 18.4. The molecular weight excluding hydrogens is 402 g/mol. The standard InChI is InChI=1S/C24H30ClNO4/c1-3-5-16-30-24(28)26-22(23(27)29-15-4-2)14-11-18-9-12-19(13-10-18)20-7-6-8-21(25)17-20/h6-10,12-13,17,22H,3-5,11,14-16H2,1-2H3,(H,26,28). The molecule has 2 aromatic carbocycles. The Hall–Kier alpha value is -2.53. The van der Waals surface area contributed by atoms with Gasteiger partial charge in [-0.25, -0.2) is 9.59 Å². The summed E-state index contributed by atoms with van der Waals surface area (Å²) in [7, 11) is 0. The minimum Gasteiger partial charge on any atom is -0.464 e. The molecule has 6 heteroatoms. The summed E-state index contributed by atoms with van der Waals surface area (Å²) in [6.07, 6.45) is 2.92. The lowest BCUT2D eigenvalue weighted by Crippen LogP contribution is -2.42. The Morgan fingerprint density at radius 2 is 1.73 bits per heavy atom. The minimum atomic E-state index is -0.738. The van der Waals surface area contributed by atoms with Gasteiger partial charge in [-0.3, -0.25) is 0 Å². The fourth-order valence-electron chi connectivity index (χ4n) is 2.89. The Bertz CT molecular complexity index is 807. The van der Waals surface area contributed by atoms with Gasteiger partial charge >= 0.3 is 12.1 Å². The molecule has 2 rings (SSSR count). The number of hydrogen-bond acceptors (Lipinski definition) is 4. The molecule has 0 aliphatic heterocycles. The molecule has 2 aromatic rings. The highest BCUT2D eigenvalue weighted by atomic mass is 35.5. The predicted octanol–water partition coefficient (Wildman–Crippen LogP) is 5.79. The van der Waals surface area contributed by atoms with Crippen molar-refractivity contribution >= 4 is 23.7 Å². The van der Waals surface area contributed by atoms with Gasteiger partial charge in [0.2, 0.25) is 0 Å². The fraction of sp³-hybridized carbons (Fsp3) is 0.417.